The minimum atomic E-state index is 0.279. The van der Waals surface area contributed by atoms with Crippen LogP contribution in [0.5, 0.6) is 11.5 Å². The SMILES string of the molecule is COc1cc(OC)c(NCc2ccc(C#N)o2)cc1Cl. The minimum absolute atomic E-state index is 0.279. The Hall–Kier alpha value is -2.32. The monoisotopic (exact) mass is 292 g/mol. The van der Waals surface area contributed by atoms with Crippen molar-refractivity contribution in [2.75, 3.05) is 19.5 Å². The van der Waals surface area contributed by atoms with E-state index in [1.54, 1.807) is 38.5 Å². The molecule has 0 aliphatic rings. The Labute approximate surface area is 121 Å². The molecule has 6 heteroatoms. The third kappa shape index (κ3) is 2.98. The molecule has 0 spiro atoms. The molecule has 0 amide bonds. The standard InChI is InChI=1S/C14H13ClN2O3/c1-18-13-6-14(19-2)12(5-11(13)15)17-8-10-4-3-9(7-16)20-10/h3-6,17H,8H2,1-2H3. The number of hydrogen-bond acceptors (Lipinski definition) is 5. The molecule has 0 aliphatic heterocycles. The molecule has 0 bridgehead atoms. The summed E-state index contributed by atoms with van der Waals surface area (Å²) in [5.41, 5.74) is 0.716. The van der Waals surface area contributed by atoms with E-state index < -0.39 is 0 Å². The Morgan fingerprint density at radius 3 is 2.60 bits per heavy atom. The van der Waals surface area contributed by atoms with Crippen LogP contribution in [0.3, 0.4) is 0 Å². The highest BCUT2D eigenvalue weighted by Crippen LogP contribution is 2.36. The highest BCUT2D eigenvalue weighted by atomic mass is 35.5. The van der Waals surface area contributed by atoms with Gasteiger partial charge in [0.1, 0.15) is 23.3 Å². The first kappa shape index (κ1) is 14.1. The first-order valence-electron chi connectivity index (χ1n) is 5.82. The Bertz CT molecular complexity index is 646. The molecule has 1 heterocycles. The van der Waals surface area contributed by atoms with Gasteiger partial charge in [-0.25, -0.2) is 0 Å². The van der Waals surface area contributed by atoms with E-state index in [1.807, 2.05) is 6.07 Å². The van der Waals surface area contributed by atoms with Gasteiger partial charge in [-0.15, -0.1) is 0 Å². The fourth-order valence-corrected chi connectivity index (χ4v) is 1.95. The topological polar surface area (TPSA) is 67.4 Å². The van der Waals surface area contributed by atoms with Crippen LogP contribution in [0, 0.1) is 11.3 Å². The van der Waals surface area contributed by atoms with E-state index in [2.05, 4.69) is 5.32 Å². The average Bonchev–Trinajstić information content (AvgIpc) is 2.93. The third-order valence-corrected chi connectivity index (χ3v) is 2.99. The molecule has 20 heavy (non-hydrogen) atoms. The number of nitriles is 1. The van der Waals surface area contributed by atoms with Gasteiger partial charge in [0.2, 0.25) is 5.76 Å². The molecule has 104 valence electrons. The number of nitrogens with zero attached hydrogens (tertiary/aromatic N) is 1. The zero-order valence-corrected chi connectivity index (χ0v) is 11.8. The van der Waals surface area contributed by atoms with Crippen LogP contribution in [-0.2, 0) is 6.54 Å². The third-order valence-electron chi connectivity index (χ3n) is 2.70. The summed E-state index contributed by atoms with van der Waals surface area (Å²) in [6, 6.07) is 8.71. The molecule has 1 aromatic carbocycles. The second-order valence-electron chi connectivity index (χ2n) is 3.92. The maximum atomic E-state index is 8.70. The summed E-state index contributed by atoms with van der Waals surface area (Å²) in [6.45, 7) is 0.417. The van der Waals surface area contributed by atoms with Crippen molar-refractivity contribution >= 4 is 17.3 Å². The second kappa shape index (κ2) is 6.22. The van der Waals surface area contributed by atoms with Gasteiger partial charge in [-0.3, -0.25) is 0 Å². The molecule has 0 atom stereocenters. The first-order valence-corrected chi connectivity index (χ1v) is 6.20. The average molecular weight is 293 g/mol. The number of nitrogens with one attached hydrogen (secondary N) is 1. The lowest BCUT2D eigenvalue weighted by atomic mass is 10.2. The van der Waals surface area contributed by atoms with Crippen LogP contribution in [0.15, 0.2) is 28.7 Å². The van der Waals surface area contributed by atoms with E-state index in [0.29, 0.717) is 34.5 Å². The number of anilines is 1. The molecule has 0 radical (unpaired) electrons. The van der Waals surface area contributed by atoms with Crippen molar-refractivity contribution in [3.05, 3.63) is 40.8 Å². The molecule has 0 saturated heterocycles. The molecule has 1 N–H and O–H groups in total. The van der Waals surface area contributed by atoms with Gasteiger partial charge in [0.15, 0.2) is 0 Å². The van der Waals surface area contributed by atoms with E-state index in [4.69, 9.17) is 30.8 Å². The Kier molecular flexibility index (Phi) is 4.38. The van der Waals surface area contributed by atoms with Crippen molar-refractivity contribution in [1.82, 2.24) is 0 Å². The van der Waals surface area contributed by atoms with Crippen LogP contribution in [0.2, 0.25) is 5.02 Å². The summed E-state index contributed by atoms with van der Waals surface area (Å²) in [5.74, 6) is 2.08. The van der Waals surface area contributed by atoms with E-state index in [0.717, 1.165) is 0 Å². The maximum absolute atomic E-state index is 8.70. The number of methoxy groups -OCH3 is 2. The smallest absolute Gasteiger partial charge is 0.203 e. The van der Waals surface area contributed by atoms with Crippen molar-refractivity contribution in [3.63, 3.8) is 0 Å². The van der Waals surface area contributed by atoms with E-state index in [9.17, 15) is 0 Å². The van der Waals surface area contributed by atoms with Gasteiger partial charge >= 0.3 is 0 Å². The fourth-order valence-electron chi connectivity index (χ4n) is 1.71. The molecular formula is C14H13ClN2O3. The molecule has 2 rings (SSSR count). The summed E-state index contributed by atoms with van der Waals surface area (Å²) in [7, 11) is 3.11. The van der Waals surface area contributed by atoms with Gasteiger partial charge in [-0.2, -0.15) is 5.26 Å². The van der Waals surface area contributed by atoms with Crippen molar-refractivity contribution < 1.29 is 13.9 Å². The van der Waals surface area contributed by atoms with E-state index in [1.165, 1.54) is 0 Å². The minimum Gasteiger partial charge on any atom is -0.495 e. The molecule has 5 nitrogen and oxygen atoms in total. The predicted molar refractivity (Wildman–Crippen MR) is 75.3 cm³/mol. The highest BCUT2D eigenvalue weighted by molar-refractivity contribution is 6.32. The molecule has 0 saturated carbocycles. The quantitative estimate of drug-likeness (QED) is 0.914. The Morgan fingerprint density at radius 2 is 2.00 bits per heavy atom. The number of hydrogen-bond donors (Lipinski definition) is 1. The summed E-state index contributed by atoms with van der Waals surface area (Å²) in [4.78, 5) is 0. The van der Waals surface area contributed by atoms with Gasteiger partial charge < -0.3 is 19.2 Å². The van der Waals surface area contributed by atoms with Crippen LogP contribution >= 0.6 is 11.6 Å². The highest BCUT2D eigenvalue weighted by Gasteiger charge is 2.10. The number of rotatable bonds is 5. The van der Waals surface area contributed by atoms with Crippen LogP contribution in [0.25, 0.3) is 0 Å². The van der Waals surface area contributed by atoms with Gasteiger partial charge in [-0.1, -0.05) is 11.6 Å². The zero-order valence-electron chi connectivity index (χ0n) is 11.1. The fraction of sp³-hybridized carbons (Fsp3) is 0.214. The second-order valence-corrected chi connectivity index (χ2v) is 4.33. The summed E-state index contributed by atoms with van der Waals surface area (Å²) < 4.78 is 15.7. The van der Waals surface area contributed by atoms with Gasteiger partial charge in [0.25, 0.3) is 0 Å². The first-order chi connectivity index (χ1) is 9.67. The number of ether oxygens (including phenoxy) is 2. The lowest BCUT2D eigenvalue weighted by Crippen LogP contribution is -2.01. The van der Waals surface area contributed by atoms with Gasteiger partial charge in [-0.05, 0) is 18.2 Å². The maximum Gasteiger partial charge on any atom is 0.203 e. The number of halogens is 1. The lowest BCUT2D eigenvalue weighted by molar-refractivity contribution is 0.395. The number of benzene rings is 1. The van der Waals surface area contributed by atoms with Crippen molar-refractivity contribution in [3.8, 4) is 17.6 Å². The summed E-state index contributed by atoms with van der Waals surface area (Å²) in [5, 5.41) is 12.3. The van der Waals surface area contributed by atoms with Crippen LogP contribution in [-0.4, -0.2) is 14.2 Å². The summed E-state index contributed by atoms with van der Waals surface area (Å²) >= 11 is 6.08. The van der Waals surface area contributed by atoms with Gasteiger partial charge in [0, 0.05) is 6.07 Å². The molecule has 0 aliphatic carbocycles. The molecule has 2 aromatic rings. The van der Waals surface area contributed by atoms with Gasteiger partial charge in [0.05, 0.1) is 31.5 Å². The largest absolute Gasteiger partial charge is 0.495 e. The predicted octanol–water partition coefficient (Wildman–Crippen LogP) is 3.43. The molecular weight excluding hydrogens is 280 g/mol. The Balaban J connectivity index is 2.16. The zero-order chi connectivity index (χ0) is 14.5. The Morgan fingerprint density at radius 1 is 1.25 bits per heavy atom. The normalized spacial score (nSPS) is 9.90. The van der Waals surface area contributed by atoms with Crippen LogP contribution in [0.4, 0.5) is 5.69 Å². The number of furan rings is 1. The van der Waals surface area contributed by atoms with Crippen molar-refractivity contribution in [2.24, 2.45) is 0 Å². The van der Waals surface area contributed by atoms with Crippen LogP contribution in [0.1, 0.15) is 11.5 Å². The molecule has 0 unspecified atom stereocenters. The van der Waals surface area contributed by atoms with Crippen molar-refractivity contribution in [2.45, 2.75) is 6.54 Å². The summed E-state index contributed by atoms with van der Waals surface area (Å²) in [6.07, 6.45) is 0. The van der Waals surface area contributed by atoms with Crippen LogP contribution < -0.4 is 14.8 Å². The lowest BCUT2D eigenvalue weighted by Gasteiger charge is -2.13. The molecule has 0 fully saturated rings. The van der Waals surface area contributed by atoms with E-state index in [-0.39, 0.29) is 5.76 Å². The molecule has 1 aromatic heterocycles. The van der Waals surface area contributed by atoms with Crippen molar-refractivity contribution in [1.29, 1.82) is 5.26 Å². The van der Waals surface area contributed by atoms with E-state index >= 15 is 0 Å².